The van der Waals surface area contributed by atoms with E-state index in [2.05, 4.69) is 18.3 Å². The van der Waals surface area contributed by atoms with Crippen molar-refractivity contribution < 1.29 is 14.3 Å². The Kier molecular flexibility index (Phi) is 7.07. The van der Waals surface area contributed by atoms with Gasteiger partial charge in [0.1, 0.15) is 18.1 Å². The van der Waals surface area contributed by atoms with E-state index in [1.807, 2.05) is 58.0 Å². The average Bonchev–Trinajstić information content (AvgIpc) is 2.61. The summed E-state index contributed by atoms with van der Waals surface area (Å²) < 4.78 is 11.7. The molecule has 0 saturated carbocycles. The van der Waals surface area contributed by atoms with Crippen molar-refractivity contribution in [3.05, 3.63) is 58.7 Å². The number of benzene rings is 2. The van der Waals surface area contributed by atoms with Gasteiger partial charge in [-0.2, -0.15) is 0 Å². The van der Waals surface area contributed by atoms with Crippen LogP contribution in [0.1, 0.15) is 35.6 Å². The van der Waals surface area contributed by atoms with Gasteiger partial charge in [-0.25, -0.2) is 0 Å². The summed E-state index contributed by atoms with van der Waals surface area (Å²) in [5.41, 5.74) is 4.52. The molecule has 2 aromatic carbocycles. The van der Waals surface area contributed by atoms with Crippen LogP contribution >= 0.6 is 0 Å². The zero-order valence-corrected chi connectivity index (χ0v) is 16.4. The van der Waals surface area contributed by atoms with Crippen molar-refractivity contribution in [3.8, 4) is 11.5 Å². The van der Waals surface area contributed by atoms with Crippen LogP contribution in [0.5, 0.6) is 11.5 Å². The topological polar surface area (TPSA) is 47.6 Å². The fourth-order valence-corrected chi connectivity index (χ4v) is 2.74. The Bertz CT molecular complexity index is 755. The van der Waals surface area contributed by atoms with E-state index in [0.29, 0.717) is 19.6 Å². The zero-order valence-electron chi connectivity index (χ0n) is 16.4. The van der Waals surface area contributed by atoms with Crippen molar-refractivity contribution in [1.29, 1.82) is 0 Å². The Balaban J connectivity index is 1.84. The lowest BCUT2D eigenvalue weighted by molar-refractivity contribution is -0.128. The van der Waals surface area contributed by atoms with Gasteiger partial charge in [-0.05, 0) is 62.9 Å². The summed E-state index contributed by atoms with van der Waals surface area (Å²) >= 11 is 0. The predicted molar refractivity (Wildman–Crippen MR) is 105 cm³/mol. The molecular weight excluding hydrogens is 326 g/mol. The first kappa shape index (κ1) is 19.8. The van der Waals surface area contributed by atoms with Gasteiger partial charge in [0, 0.05) is 0 Å². The molecule has 4 nitrogen and oxygen atoms in total. The monoisotopic (exact) mass is 355 g/mol. The molecule has 0 aliphatic carbocycles. The number of carbonyl (C=O) groups excluding carboxylic acids is 1. The van der Waals surface area contributed by atoms with Gasteiger partial charge >= 0.3 is 0 Å². The molecular formula is C22H29NO3. The van der Waals surface area contributed by atoms with Gasteiger partial charge in [-0.1, -0.05) is 36.8 Å². The molecule has 0 aliphatic heterocycles. The van der Waals surface area contributed by atoms with Gasteiger partial charge in [0.15, 0.2) is 6.10 Å². The minimum atomic E-state index is -0.503. The SMILES string of the molecule is CC[C@H](Oc1cccc(C)c1C)C(=O)NCCOc1ccc(C)cc1C. The largest absolute Gasteiger partial charge is 0.491 e. The molecule has 1 atom stereocenters. The van der Waals surface area contributed by atoms with E-state index in [0.717, 1.165) is 28.2 Å². The lowest BCUT2D eigenvalue weighted by Crippen LogP contribution is -2.39. The molecule has 26 heavy (non-hydrogen) atoms. The second-order valence-electron chi connectivity index (χ2n) is 6.62. The summed E-state index contributed by atoms with van der Waals surface area (Å²) in [6.07, 6.45) is 0.105. The predicted octanol–water partition coefficient (Wildman–Crippen LogP) is 4.27. The number of hydrogen-bond donors (Lipinski definition) is 1. The van der Waals surface area contributed by atoms with E-state index >= 15 is 0 Å². The third-order valence-electron chi connectivity index (χ3n) is 4.48. The summed E-state index contributed by atoms with van der Waals surface area (Å²) in [4.78, 5) is 12.4. The number of ether oxygens (including phenoxy) is 2. The maximum Gasteiger partial charge on any atom is 0.261 e. The zero-order chi connectivity index (χ0) is 19.1. The van der Waals surface area contributed by atoms with E-state index in [9.17, 15) is 4.79 Å². The minimum Gasteiger partial charge on any atom is -0.491 e. The van der Waals surface area contributed by atoms with Crippen molar-refractivity contribution in [1.82, 2.24) is 5.32 Å². The fraction of sp³-hybridized carbons (Fsp3) is 0.409. The maximum atomic E-state index is 12.4. The van der Waals surface area contributed by atoms with Crippen LogP contribution in [0, 0.1) is 27.7 Å². The van der Waals surface area contributed by atoms with Crippen molar-refractivity contribution >= 4 is 5.91 Å². The highest BCUT2D eigenvalue weighted by molar-refractivity contribution is 5.81. The first-order valence-electron chi connectivity index (χ1n) is 9.13. The lowest BCUT2D eigenvalue weighted by Gasteiger charge is -2.19. The van der Waals surface area contributed by atoms with Crippen LogP contribution in [0.25, 0.3) is 0 Å². The van der Waals surface area contributed by atoms with Crippen LogP contribution in [0.4, 0.5) is 0 Å². The van der Waals surface area contributed by atoms with Gasteiger partial charge in [-0.3, -0.25) is 4.79 Å². The summed E-state index contributed by atoms with van der Waals surface area (Å²) in [5.74, 6) is 1.50. The highest BCUT2D eigenvalue weighted by Gasteiger charge is 2.19. The van der Waals surface area contributed by atoms with E-state index in [1.165, 1.54) is 5.56 Å². The van der Waals surface area contributed by atoms with E-state index in [1.54, 1.807) is 0 Å². The molecule has 0 unspecified atom stereocenters. The third-order valence-corrected chi connectivity index (χ3v) is 4.48. The molecule has 0 fully saturated rings. The summed E-state index contributed by atoms with van der Waals surface area (Å²) in [7, 11) is 0. The second kappa shape index (κ2) is 9.27. The number of hydrogen-bond acceptors (Lipinski definition) is 3. The van der Waals surface area contributed by atoms with Crippen LogP contribution in [-0.4, -0.2) is 25.2 Å². The minimum absolute atomic E-state index is 0.113. The Morgan fingerprint density at radius 3 is 2.50 bits per heavy atom. The van der Waals surface area contributed by atoms with Gasteiger partial charge in [0.2, 0.25) is 0 Å². The van der Waals surface area contributed by atoms with Crippen molar-refractivity contribution in [2.24, 2.45) is 0 Å². The van der Waals surface area contributed by atoms with Crippen molar-refractivity contribution in [2.75, 3.05) is 13.2 Å². The van der Waals surface area contributed by atoms with Gasteiger partial charge < -0.3 is 14.8 Å². The molecule has 0 spiro atoms. The molecule has 0 heterocycles. The molecule has 140 valence electrons. The number of amides is 1. The summed E-state index contributed by atoms with van der Waals surface area (Å²) in [6, 6.07) is 11.9. The van der Waals surface area contributed by atoms with Crippen LogP contribution in [0.2, 0.25) is 0 Å². The molecule has 0 saturated heterocycles. The van der Waals surface area contributed by atoms with E-state index in [-0.39, 0.29) is 5.91 Å². The van der Waals surface area contributed by atoms with Crippen LogP contribution in [-0.2, 0) is 4.79 Å². The molecule has 0 aromatic heterocycles. The van der Waals surface area contributed by atoms with E-state index < -0.39 is 6.10 Å². The first-order valence-corrected chi connectivity index (χ1v) is 9.13. The number of carbonyl (C=O) groups is 1. The third kappa shape index (κ3) is 5.25. The Morgan fingerprint density at radius 1 is 1.04 bits per heavy atom. The highest BCUT2D eigenvalue weighted by atomic mass is 16.5. The van der Waals surface area contributed by atoms with Crippen molar-refractivity contribution in [3.63, 3.8) is 0 Å². The molecule has 0 bridgehead atoms. The second-order valence-corrected chi connectivity index (χ2v) is 6.62. The Labute approximate surface area is 156 Å². The van der Waals surface area contributed by atoms with Crippen LogP contribution in [0.15, 0.2) is 36.4 Å². The van der Waals surface area contributed by atoms with Gasteiger partial charge in [-0.15, -0.1) is 0 Å². The normalized spacial score (nSPS) is 11.7. The number of rotatable bonds is 8. The average molecular weight is 355 g/mol. The molecule has 2 aromatic rings. The molecule has 1 N–H and O–H groups in total. The molecule has 4 heteroatoms. The Morgan fingerprint density at radius 2 is 1.81 bits per heavy atom. The van der Waals surface area contributed by atoms with Crippen LogP contribution < -0.4 is 14.8 Å². The maximum absolute atomic E-state index is 12.4. The molecule has 0 radical (unpaired) electrons. The van der Waals surface area contributed by atoms with E-state index in [4.69, 9.17) is 9.47 Å². The Hall–Kier alpha value is -2.49. The number of aryl methyl sites for hydroxylation is 3. The standard InChI is InChI=1S/C22H29NO3/c1-6-19(26-21-9-7-8-16(3)18(21)5)22(24)23-12-13-25-20-11-10-15(2)14-17(20)4/h7-11,14,19H,6,12-13H2,1-5H3,(H,23,24)/t19-/m0/s1. The summed E-state index contributed by atoms with van der Waals surface area (Å²) in [5, 5.41) is 2.90. The molecule has 2 rings (SSSR count). The fourth-order valence-electron chi connectivity index (χ4n) is 2.74. The first-order chi connectivity index (χ1) is 12.4. The lowest BCUT2D eigenvalue weighted by atomic mass is 10.1. The summed E-state index contributed by atoms with van der Waals surface area (Å²) in [6.45, 7) is 10.9. The molecule has 0 aliphatic rings. The van der Waals surface area contributed by atoms with Gasteiger partial charge in [0.25, 0.3) is 5.91 Å². The van der Waals surface area contributed by atoms with Crippen LogP contribution in [0.3, 0.4) is 0 Å². The quantitative estimate of drug-likeness (QED) is 0.719. The smallest absolute Gasteiger partial charge is 0.261 e. The molecule has 1 amide bonds. The van der Waals surface area contributed by atoms with Crippen molar-refractivity contribution in [2.45, 2.75) is 47.1 Å². The highest BCUT2D eigenvalue weighted by Crippen LogP contribution is 2.22. The van der Waals surface area contributed by atoms with Gasteiger partial charge in [0.05, 0.1) is 6.54 Å². The number of nitrogens with one attached hydrogen (secondary N) is 1.